The number of imidazole rings is 1. The molecule has 0 bridgehead atoms. The van der Waals surface area contributed by atoms with Crippen molar-refractivity contribution in [2.45, 2.75) is 12.8 Å². The lowest BCUT2D eigenvalue weighted by atomic mass is 10.4. The zero-order valence-electron chi connectivity index (χ0n) is 9.41. The van der Waals surface area contributed by atoms with Gasteiger partial charge in [-0.25, -0.2) is 9.78 Å². The lowest BCUT2D eigenvalue weighted by Gasteiger charge is -2.12. The number of hydrogen-bond donors (Lipinski definition) is 4. The first-order valence-corrected chi connectivity index (χ1v) is 5.19. The van der Waals surface area contributed by atoms with E-state index in [1.165, 1.54) is 10.9 Å². The number of rotatable bonds is 5. The van der Waals surface area contributed by atoms with E-state index in [1.807, 2.05) is 0 Å². The standard InChI is InChI=1S/C9H13N5O4/c10-7-6-8(13-9(17)12-7)14(3-11-6)4-18-5(1-15)2-16/h3,5,15-16H,1-2,4H2,(H3,10,12,13,17). The maximum Gasteiger partial charge on any atom is 0.348 e. The number of aromatic amines is 1. The van der Waals surface area contributed by atoms with Crippen LogP contribution in [0.3, 0.4) is 0 Å². The minimum Gasteiger partial charge on any atom is -0.394 e. The van der Waals surface area contributed by atoms with Crippen molar-refractivity contribution >= 4 is 17.0 Å². The van der Waals surface area contributed by atoms with Gasteiger partial charge in [0.2, 0.25) is 0 Å². The molecule has 0 saturated carbocycles. The Labute approximate surface area is 101 Å². The summed E-state index contributed by atoms with van der Waals surface area (Å²) in [5, 5.41) is 17.7. The molecule has 2 aromatic heterocycles. The van der Waals surface area contributed by atoms with Crippen LogP contribution in [-0.2, 0) is 11.5 Å². The molecule has 2 rings (SSSR count). The number of fused-ring (bicyclic) bond motifs is 1. The Morgan fingerprint density at radius 2 is 2.22 bits per heavy atom. The second-order valence-corrected chi connectivity index (χ2v) is 3.63. The molecule has 0 radical (unpaired) electrons. The zero-order chi connectivity index (χ0) is 13.1. The average Bonchev–Trinajstić information content (AvgIpc) is 2.74. The van der Waals surface area contributed by atoms with Gasteiger partial charge >= 0.3 is 5.69 Å². The number of aliphatic hydroxyl groups excluding tert-OH is 2. The Kier molecular flexibility index (Phi) is 3.55. The largest absolute Gasteiger partial charge is 0.394 e. The van der Waals surface area contributed by atoms with Gasteiger partial charge in [-0.1, -0.05) is 0 Å². The van der Waals surface area contributed by atoms with Crippen LogP contribution < -0.4 is 11.4 Å². The molecule has 0 aliphatic heterocycles. The first-order chi connectivity index (χ1) is 8.65. The van der Waals surface area contributed by atoms with Gasteiger partial charge in [0, 0.05) is 0 Å². The summed E-state index contributed by atoms with van der Waals surface area (Å²) in [6.45, 7) is -0.614. The molecular weight excluding hydrogens is 242 g/mol. The highest BCUT2D eigenvalue weighted by Crippen LogP contribution is 2.12. The third-order valence-corrected chi connectivity index (χ3v) is 2.37. The highest BCUT2D eigenvalue weighted by atomic mass is 16.5. The van der Waals surface area contributed by atoms with E-state index in [0.717, 1.165) is 0 Å². The van der Waals surface area contributed by atoms with Gasteiger partial charge in [0.05, 0.1) is 19.5 Å². The van der Waals surface area contributed by atoms with Crippen LogP contribution >= 0.6 is 0 Å². The van der Waals surface area contributed by atoms with E-state index in [0.29, 0.717) is 5.52 Å². The molecule has 0 saturated heterocycles. The second kappa shape index (κ2) is 5.12. The molecule has 0 atom stereocenters. The third kappa shape index (κ3) is 2.32. The number of ether oxygens (including phenoxy) is 1. The van der Waals surface area contributed by atoms with Crippen molar-refractivity contribution in [3.63, 3.8) is 0 Å². The van der Waals surface area contributed by atoms with Crippen LogP contribution in [0.4, 0.5) is 5.82 Å². The van der Waals surface area contributed by atoms with Crippen LogP contribution in [0.1, 0.15) is 0 Å². The van der Waals surface area contributed by atoms with Gasteiger partial charge in [0.1, 0.15) is 24.2 Å². The zero-order valence-corrected chi connectivity index (χ0v) is 9.41. The molecule has 0 fully saturated rings. The molecule has 0 unspecified atom stereocenters. The molecule has 0 aromatic carbocycles. The number of nitrogen functional groups attached to an aromatic ring is 1. The Balaban J connectivity index is 2.26. The summed E-state index contributed by atoms with van der Waals surface area (Å²) in [5.74, 6) is 0.129. The highest BCUT2D eigenvalue weighted by molar-refractivity contribution is 5.80. The number of hydrogen-bond acceptors (Lipinski definition) is 7. The predicted octanol–water partition coefficient (Wildman–Crippen LogP) is -1.97. The van der Waals surface area contributed by atoms with Crippen LogP contribution in [0.15, 0.2) is 11.1 Å². The number of aliphatic hydroxyl groups is 2. The summed E-state index contributed by atoms with van der Waals surface area (Å²) < 4.78 is 6.66. The first-order valence-electron chi connectivity index (χ1n) is 5.19. The van der Waals surface area contributed by atoms with Gasteiger partial charge in [-0.05, 0) is 0 Å². The quantitative estimate of drug-likeness (QED) is 0.485. The monoisotopic (exact) mass is 255 g/mol. The van der Waals surface area contributed by atoms with E-state index in [-0.39, 0.29) is 31.4 Å². The van der Waals surface area contributed by atoms with Crippen LogP contribution in [-0.4, -0.2) is 49.0 Å². The van der Waals surface area contributed by atoms with Crippen LogP contribution in [0, 0.1) is 0 Å². The average molecular weight is 255 g/mol. The number of H-pyrrole nitrogens is 1. The van der Waals surface area contributed by atoms with E-state index < -0.39 is 11.8 Å². The minimum absolute atomic E-state index is 0.00181. The molecule has 18 heavy (non-hydrogen) atoms. The minimum atomic E-state index is -0.693. The molecule has 0 aliphatic rings. The lowest BCUT2D eigenvalue weighted by molar-refractivity contribution is -0.0488. The smallest absolute Gasteiger partial charge is 0.348 e. The van der Waals surface area contributed by atoms with Crippen LogP contribution in [0.2, 0.25) is 0 Å². The molecule has 98 valence electrons. The summed E-state index contributed by atoms with van der Waals surface area (Å²) in [5.41, 5.74) is 5.65. The third-order valence-electron chi connectivity index (χ3n) is 2.37. The number of nitrogens with one attached hydrogen (secondary N) is 1. The first kappa shape index (κ1) is 12.5. The van der Waals surface area contributed by atoms with E-state index in [1.54, 1.807) is 0 Å². The van der Waals surface area contributed by atoms with Gasteiger partial charge in [0.15, 0.2) is 5.65 Å². The number of aromatic nitrogens is 4. The van der Waals surface area contributed by atoms with Crippen molar-refractivity contribution in [1.29, 1.82) is 0 Å². The van der Waals surface area contributed by atoms with Crippen molar-refractivity contribution in [1.82, 2.24) is 19.5 Å². The maximum absolute atomic E-state index is 11.2. The topological polar surface area (TPSA) is 139 Å². The Morgan fingerprint density at radius 3 is 2.89 bits per heavy atom. The van der Waals surface area contributed by atoms with Gasteiger partial charge in [-0.15, -0.1) is 0 Å². The van der Waals surface area contributed by atoms with Crippen molar-refractivity contribution in [2.75, 3.05) is 18.9 Å². The summed E-state index contributed by atoms with van der Waals surface area (Å²) in [4.78, 5) is 21.2. The predicted molar refractivity (Wildman–Crippen MR) is 61.6 cm³/mol. The molecule has 0 aliphatic carbocycles. The van der Waals surface area contributed by atoms with E-state index >= 15 is 0 Å². The Hall–Kier alpha value is -1.97. The van der Waals surface area contributed by atoms with Crippen molar-refractivity contribution in [3.05, 3.63) is 16.8 Å². The van der Waals surface area contributed by atoms with Crippen LogP contribution in [0.25, 0.3) is 11.2 Å². The van der Waals surface area contributed by atoms with Crippen LogP contribution in [0.5, 0.6) is 0 Å². The molecule has 2 heterocycles. The normalized spacial score (nSPS) is 11.5. The highest BCUT2D eigenvalue weighted by Gasteiger charge is 2.11. The van der Waals surface area contributed by atoms with E-state index in [9.17, 15) is 4.79 Å². The molecule has 5 N–H and O–H groups in total. The summed E-state index contributed by atoms with van der Waals surface area (Å²) >= 11 is 0. The van der Waals surface area contributed by atoms with Crippen molar-refractivity contribution in [3.8, 4) is 0 Å². The fourth-order valence-corrected chi connectivity index (χ4v) is 1.42. The summed E-state index contributed by atoms with van der Waals surface area (Å²) in [7, 11) is 0. The van der Waals surface area contributed by atoms with Gasteiger partial charge < -0.3 is 20.7 Å². The summed E-state index contributed by atoms with van der Waals surface area (Å²) in [6, 6.07) is 0. The van der Waals surface area contributed by atoms with E-state index in [4.69, 9.17) is 20.7 Å². The fourth-order valence-electron chi connectivity index (χ4n) is 1.42. The number of nitrogens with zero attached hydrogens (tertiary/aromatic N) is 3. The second-order valence-electron chi connectivity index (χ2n) is 3.63. The molecule has 0 spiro atoms. The van der Waals surface area contributed by atoms with Gasteiger partial charge in [-0.2, -0.15) is 4.98 Å². The molecular formula is C9H13N5O4. The molecule has 9 nitrogen and oxygen atoms in total. The Bertz CT molecular complexity index is 588. The van der Waals surface area contributed by atoms with E-state index in [2.05, 4.69) is 15.0 Å². The maximum atomic E-state index is 11.2. The SMILES string of the molecule is Nc1[nH]c(=O)nc2c1ncn2COC(CO)CO. The van der Waals surface area contributed by atoms with Gasteiger partial charge in [-0.3, -0.25) is 9.55 Å². The molecule has 9 heteroatoms. The van der Waals surface area contributed by atoms with Crippen molar-refractivity contribution in [2.24, 2.45) is 0 Å². The van der Waals surface area contributed by atoms with Gasteiger partial charge in [0.25, 0.3) is 0 Å². The Morgan fingerprint density at radius 1 is 1.50 bits per heavy atom. The molecule has 2 aromatic rings. The van der Waals surface area contributed by atoms with Crippen molar-refractivity contribution < 1.29 is 14.9 Å². The fraction of sp³-hybridized carbons (Fsp3) is 0.444. The lowest BCUT2D eigenvalue weighted by Crippen LogP contribution is -2.23. The molecule has 0 amide bonds. The summed E-state index contributed by atoms with van der Waals surface area (Å²) in [6.07, 6.45) is 0.717. The number of anilines is 1. The number of nitrogens with two attached hydrogens (primary N) is 1.